The minimum Gasteiger partial charge on any atom is -0.481 e. The Balaban J connectivity index is 4.36. The molecule has 0 unspecified atom stereocenters. The van der Waals surface area contributed by atoms with Gasteiger partial charge in [-0.15, -0.1) is 0 Å². The van der Waals surface area contributed by atoms with Crippen LogP contribution in [0.5, 0.6) is 0 Å². The Morgan fingerprint density at radius 3 is 1.87 bits per heavy atom. The topological polar surface area (TPSA) is 101 Å². The minimum atomic E-state index is -1.46. The SMILES string of the molecule is C=C(F)C(=O)OC(CC(=O)O)CC(=O)O. The van der Waals surface area contributed by atoms with Crippen molar-refractivity contribution >= 4 is 17.9 Å². The van der Waals surface area contributed by atoms with Crippen molar-refractivity contribution in [3.8, 4) is 0 Å². The van der Waals surface area contributed by atoms with E-state index in [1.807, 2.05) is 0 Å². The van der Waals surface area contributed by atoms with Crippen molar-refractivity contribution in [2.24, 2.45) is 0 Å². The first-order valence-corrected chi connectivity index (χ1v) is 3.82. The summed E-state index contributed by atoms with van der Waals surface area (Å²) in [5.74, 6) is -5.56. The largest absolute Gasteiger partial charge is 0.481 e. The van der Waals surface area contributed by atoms with E-state index in [2.05, 4.69) is 11.3 Å². The molecule has 0 rings (SSSR count). The molecule has 0 aliphatic heterocycles. The van der Waals surface area contributed by atoms with Gasteiger partial charge in [-0.05, 0) is 0 Å². The monoisotopic (exact) mass is 220 g/mol. The predicted molar refractivity (Wildman–Crippen MR) is 44.6 cm³/mol. The molecule has 0 aliphatic rings. The number of aliphatic carboxylic acids is 2. The average molecular weight is 220 g/mol. The summed E-state index contributed by atoms with van der Waals surface area (Å²) in [6.07, 6.45) is -2.81. The third-order valence-corrected chi connectivity index (χ3v) is 1.30. The summed E-state index contributed by atoms with van der Waals surface area (Å²) in [5, 5.41) is 16.7. The van der Waals surface area contributed by atoms with Crippen LogP contribution in [0.4, 0.5) is 4.39 Å². The Hall–Kier alpha value is -1.92. The molecule has 84 valence electrons. The summed E-state index contributed by atoms with van der Waals surface area (Å²) in [6, 6.07) is 0. The Morgan fingerprint density at radius 2 is 1.60 bits per heavy atom. The molecule has 0 radical (unpaired) electrons. The number of esters is 1. The van der Waals surface area contributed by atoms with Crippen LogP contribution in [0.25, 0.3) is 0 Å². The van der Waals surface area contributed by atoms with Gasteiger partial charge in [0.25, 0.3) is 0 Å². The number of carbonyl (C=O) groups is 3. The molecule has 0 fully saturated rings. The second kappa shape index (κ2) is 5.74. The van der Waals surface area contributed by atoms with E-state index in [1.165, 1.54) is 0 Å². The normalized spacial score (nSPS) is 9.73. The third kappa shape index (κ3) is 6.19. The maximum atomic E-state index is 12.2. The van der Waals surface area contributed by atoms with Gasteiger partial charge in [-0.2, -0.15) is 4.39 Å². The maximum Gasteiger partial charge on any atom is 0.366 e. The standard InChI is InChI=1S/C8H9FO6/c1-4(9)8(14)15-5(2-6(10)11)3-7(12)13/h5H,1-3H2,(H,10,11)(H,12,13). The average Bonchev–Trinajstić information content (AvgIpc) is 2.00. The first-order chi connectivity index (χ1) is 6.82. The van der Waals surface area contributed by atoms with E-state index in [-0.39, 0.29) is 0 Å². The quantitative estimate of drug-likeness (QED) is 0.494. The lowest BCUT2D eigenvalue weighted by Gasteiger charge is -2.12. The van der Waals surface area contributed by atoms with Gasteiger partial charge in [-0.3, -0.25) is 9.59 Å². The van der Waals surface area contributed by atoms with Crippen LogP contribution in [-0.2, 0) is 19.1 Å². The highest BCUT2D eigenvalue weighted by Crippen LogP contribution is 2.08. The van der Waals surface area contributed by atoms with Crippen molar-refractivity contribution < 1.29 is 33.7 Å². The van der Waals surface area contributed by atoms with E-state index < -0.39 is 42.7 Å². The van der Waals surface area contributed by atoms with Crippen LogP contribution >= 0.6 is 0 Å². The van der Waals surface area contributed by atoms with E-state index in [0.29, 0.717) is 0 Å². The Labute approximate surface area is 84.0 Å². The summed E-state index contributed by atoms with van der Waals surface area (Å²) < 4.78 is 16.4. The zero-order chi connectivity index (χ0) is 12.0. The molecule has 0 aromatic heterocycles. The first-order valence-electron chi connectivity index (χ1n) is 3.82. The van der Waals surface area contributed by atoms with Gasteiger partial charge in [-0.1, -0.05) is 6.58 Å². The van der Waals surface area contributed by atoms with Gasteiger partial charge in [0.15, 0.2) is 0 Å². The van der Waals surface area contributed by atoms with Crippen molar-refractivity contribution in [3.05, 3.63) is 12.4 Å². The highest BCUT2D eigenvalue weighted by atomic mass is 19.1. The molecule has 6 nitrogen and oxygen atoms in total. The Morgan fingerprint density at radius 1 is 1.20 bits per heavy atom. The fraction of sp³-hybridized carbons (Fsp3) is 0.375. The van der Waals surface area contributed by atoms with E-state index in [1.54, 1.807) is 0 Å². The maximum absolute atomic E-state index is 12.2. The molecular formula is C8H9FO6. The lowest BCUT2D eigenvalue weighted by Crippen LogP contribution is -2.24. The van der Waals surface area contributed by atoms with Gasteiger partial charge in [-0.25, -0.2) is 4.79 Å². The van der Waals surface area contributed by atoms with Crippen LogP contribution in [0.15, 0.2) is 12.4 Å². The second-order valence-corrected chi connectivity index (χ2v) is 2.63. The number of hydrogen-bond acceptors (Lipinski definition) is 4. The number of rotatable bonds is 6. The van der Waals surface area contributed by atoms with Crippen LogP contribution < -0.4 is 0 Å². The smallest absolute Gasteiger partial charge is 0.366 e. The zero-order valence-corrected chi connectivity index (χ0v) is 7.60. The highest BCUT2D eigenvalue weighted by molar-refractivity contribution is 5.85. The van der Waals surface area contributed by atoms with E-state index in [4.69, 9.17) is 10.2 Å². The van der Waals surface area contributed by atoms with Crippen molar-refractivity contribution in [1.82, 2.24) is 0 Å². The molecule has 0 amide bonds. The van der Waals surface area contributed by atoms with Crippen LogP contribution in [0.3, 0.4) is 0 Å². The van der Waals surface area contributed by atoms with Crippen LogP contribution in [0.2, 0.25) is 0 Å². The van der Waals surface area contributed by atoms with Crippen molar-refractivity contribution in [3.63, 3.8) is 0 Å². The number of ether oxygens (including phenoxy) is 1. The molecule has 0 aromatic carbocycles. The molecule has 7 heteroatoms. The zero-order valence-electron chi connectivity index (χ0n) is 7.60. The number of carboxylic acids is 2. The minimum absolute atomic E-state index is 0.703. The molecule has 15 heavy (non-hydrogen) atoms. The van der Waals surface area contributed by atoms with Crippen LogP contribution in [-0.4, -0.2) is 34.2 Å². The molecule has 0 spiro atoms. The van der Waals surface area contributed by atoms with E-state index in [9.17, 15) is 18.8 Å². The molecule has 0 heterocycles. The number of hydrogen-bond donors (Lipinski definition) is 2. The van der Waals surface area contributed by atoms with Gasteiger partial charge in [0, 0.05) is 0 Å². The lowest BCUT2D eigenvalue weighted by molar-refractivity contribution is -0.154. The van der Waals surface area contributed by atoms with Gasteiger partial charge >= 0.3 is 17.9 Å². The fourth-order valence-corrected chi connectivity index (χ4v) is 0.760. The molecule has 0 atom stereocenters. The lowest BCUT2D eigenvalue weighted by atomic mass is 10.2. The molecule has 0 saturated heterocycles. The van der Waals surface area contributed by atoms with Gasteiger partial charge in [0.2, 0.25) is 5.83 Å². The van der Waals surface area contributed by atoms with Crippen molar-refractivity contribution in [2.45, 2.75) is 18.9 Å². The predicted octanol–water partition coefficient (Wildman–Crippen LogP) is 0.331. The first kappa shape index (κ1) is 13.1. The highest BCUT2D eigenvalue weighted by Gasteiger charge is 2.22. The molecule has 0 bridgehead atoms. The summed E-state index contributed by atoms with van der Waals surface area (Å²) in [4.78, 5) is 31.1. The Kier molecular flexibility index (Phi) is 5.00. The van der Waals surface area contributed by atoms with E-state index >= 15 is 0 Å². The third-order valence-electron chi connectivity index (χ3n) is 1.30. The molecule has 0 aromatic rings. The summed E-state index contributed by atoms with van der Waals surface area (Å²) >= 11 is 0. The summed E-state index contributed by atoms with van der Waals surface area (Å²) in [6.45, 7) is 2.63. The molecule has 0 aliphatic carbocycles. The van der Waals surface area contributed by atoms with Crippen LogP contribution in [0.1, 0.15) is 12.8 Å². The van der Waals surface area contributed by atoms with Crippen molar-refractivity contribution in [1.29, 1.82) is 0 Å². The van der Waals surface area contributed by atoms with Crippen LogP contribution in [0, 0.1) is 0 Å². The van der Waals surface area contributed by atoms with Gasteiger partial charge in [0.1, 0.15) is 6.10 Å². The molecule has 2 N–H and O–H groups in total. The molecule has 0 saturated carbocycles. The second-order valence-electron chi connectivity index (χ2n) is 2.63. The number of halogens is 1. The Bertz CT molecular complexity index is 282. The summed E-state index contributed by atoms with van der Waals surface area (Å²) in [5.41, 5.74) is 0. The van der Waals surface area contributed by atoms with E-state index in [0.717, 1.165) is 0 Å². The summed E-state index contributed by atoms with van der Waals surface area (Å²) in [7, 11) is 0. The number of carbonyl (C=O) groups excluding carboxylic acids is 1. The van der Waals surface area contributed by atoms with Crippen molar-refractivity contribution in [2.75, 3.05) is 0 Å². The number of carboxylic acid groups (broad SMARTS) is 2. The molecular weight excluding hydrogens is 211 g/mol. The fourth-order valence-electron chi connectivity index (χ4n) is 0.760. The van der Waals surface area contributed by atoms with Gasteiger partial charge in [0.05, 0.1) is 12.8 Å². The van der Waals surface area contributed by atoms with Gasteiger partial charge < -0.3 is 14.9 Å².